The summed E-state index contributed by atoms with van der Waals surface area (Å²) in [5, 5.41) is 3.94. The highest BCUT2D eigenvalue weighted by Crippen LogP contribution is 2.30. The summed E-state index contributed by atoms with van der Waals surface area (Å²) in [5.41, 5.74) is 3.04. The van der Waals surface area contributed by atoms with E-state index in [9.17, 15) is 4.79 Å². The van der Waals surface area contributed by atoms with E-state index in [1.165, 1.54) is 11.3 Å². The number of hydrogen-bond acceptors (Lipinski definition) is 3. The van der Waals surface area contributed by atoms with Crippen molar-refractivity contribution >= 4 is 34.8 Å². The minimum absolute atomic E-state index is 0.0319. The molecule has 28 heavy (non-hydrogen) atoms. The van der Waals surface area contributed by atoms with E-state index in [4.69, 9.17) is 23.2 Å². The zero-order chi connectivity index (χ0) is 20.3. The molecule has 1 heterocycles. The molecule has 0 aromatic heterocycles. The number of hydrogen-bond donors (Lipinski definition) is 1. The number of likely N-dealkylation sites (N-methyl/N-ethyl adjacent to an activating group) is 1. The Hall–Kier alpha value is -1.75. The predicted molar refractivity (Wildman–Crippen MR) is 118 cm³/mol. The van der Waals surface area contributed by atoms with Gasteiger partial charge in [0.15, 0.2) is 0 Å². The molecule has 1 saturated heterocycles. The summed E-state index contributed by atoms with van der Waals surface area (Å²) in [5.74, 6) is 0.0255. The second kappa shape index (κ2) is 9.17. The third-order valence-corrected chi connectivity index (χ3v) is 6.30. The van der Waals surface area contributed by atoms with Crippen molar-refractivity contribution in [2.24, 2.45) is 0 Å². The first-order chi connectivity index (χ1) is 13.4. The molecular weight excluding hydrogens is 393 g/mol. The predicted octanol–water partition coefficient (Wildman–Crippen LogP) is 4.67. The summed E-state index contributed by atoms with van der Waals surface area (Å²) in [4.78, 5) is 17.4. The van der Waals surface area contributed by atoms with Crippen LogP contribution < -0.4 is 10.2 Å². The average molecular weight is 420 g/mol. The van der Waals surface area contributed by atoms with Gasteiger partial charge in [-0.1, -0.05) is 48.3 Å². The van der Waals surface area contributed by atoms with Crippen LogP contribution in [-0.4, -0.2) is 50.1 Å². The summed E-state index contributed by atoms with van der Waals surface area (Å²) >= 11 is 12.0. The Bertz CT molecular complexity index is 834. The number of carbonyl (C=O) groups excluding carboxylic acids is 1. The van der Waals surface area contributed by atoms with Gasteiger partial charge in [0.25, 0.3) is 5.91 Å². The van der Waals surface area contributed by atoms with E-state index in [1.54, 1.807) is 18.2 Å². The third-order valence-electron chi connectivity index (χ3n) is 5.56. The molecule has 1 N–H and O–H groups in total. The monoisotopic (exact) mass is 419 g/mol. The summed E-state index contributed by atoms with van der Waals surface area (Å²) in [6.45, 7) is 8.36. The molecule has 0 saturated carbocycles. The number of nitrogens with one attached hydrogen (secondary N) is 1. The van der Waals surface area contributed by atoms with Gasteiger partial charge in [0, 0.05) is 49.4 Å². The molecule has 0 spiro atoms. The van der Waals surface area contributed by atoms with E-state index in [0.717, 1.165) is 26.2 Å². The third kappa shape index (κ3) is 4.80. The number of carbonyl (C=O) groups is 1. The molecule has 2 atom stereocenters. The minimum Gasteiger partial charge on any atom is -0.369 e. The first kappa shape index (κ1) is 21.0. The molecule has 1 amide bonds. The minimum atomic E-state index is -0.144. The SMILES string of the molecule is CC(NC(=O)c1ccc(Cl)c(Cl)c1)C(C)c1ccccc1N1CCN(C)CC1. The maximum absolute atomic E-state index is 12.6. The van der Waals surface area contributed by atoms with Gasteiger partial charge in [-0.2, -0.15) is 0 Å². The molecule has 6 heteroatoms. The fourth-order valence-corrected chi connectivity index (χ4v) is 3.83. The molecule has 2 aromatic rings. The van der Waals surface area contributed by atoms with Crippen molar-refractivity contribution in [3.05, 3.63) is 63.6 Å². The lowest BCUT2D eigenvalue weighted by Gasteiger charge is -2.36. The average Bonchev–Trinajstić information content (AvgIpc) is 2.70. The second-order valence-corrected chi connectivity index (χ2v) is 8.34. The highest BCUT2D eigenvalue weighted by atomic mass is 35.5. The van der Waals surface area contributed by atoms with Crippen LogP contribution in [0.15, 0.2) is 42.5 Å². The molecule has 0 aliphatic carbocycles. The van der Waals surface area contributed by atoms with Gasteiger partial charge in [-0.25, -0.2) is 0 Å². The number of para-hydroxylation sites is 1. The van der Waals surface area contributed by atoms with Gasteiger partial charge in [-0.05, 0) is 43.8 Å². The van der Waals surface area contributed by atoms with Gasteiger partial charge in [0.2, 0.25) is 0 Å². The fourth-order valence-electron chi connectivity index (χ4n) is 3.53. The quantitative estimate of drug-likeness (QED) is 0.764. The van der Waals surface area contributed by atoms with Crippen LogP contribution in [0.1, 0.15) is 35.7 Å². The lowest BCUT2D eigenvalue weighted by atomic mass is 9.92. The molecule has 1 fully saturated rings. The topological polar surface area (TPSA) is 35.6 Å². The highest BCUT2D eigenvalue weighted by molar-refractivity contribution is 6.42. The maximum atomic E-state index is 12.6. The van der Waals surface area contributed by atoms with Crippen LogP contribution in [-0.2, 0) is 0 Å². The number of anilines is 1. The summed E-state index contributed by atoms with van der Waals surface area (Å²) in [7, 11) is 2.16. The molecule has 0 radical (unpaired) electrons. The number of piperazine rings is 1. The zero-order valence-corrected chi connectivity index (χ0v) is 18.1. The van der Waals surface area contributed by atoms with Gasteiger partial charge < -0.3 is 15.1 Å². The Labute approximate surface area is 177 Å². The Kier molecular flexibility index (Phi) is 6.86. The first-order valence-electron chi connectivity index (χ1n) is 9.65. The second-order valence-electron chi connectivity index (χ2n) is 7.53. The standard InChI is InChI=1S/C22H27Cl2N3O/c1-15(16(2)25-22(28)17-8-9-19(23)20(24)14-17)18-6-4-5-7-21(18)27-12-10-26(3)11-13-27/h4-9,14-16H,10-13H2,1-3H3,(H,25,28). The van der Waals surface area contributed by atoms with Gasteiger partial charge in [0.1, 0.15) is 0 Å². The Morgan fingerprint density at radius 1 is 1.00 bits per heavy atom. The van der Waals surface area contributed by atoms with Crippen LogP contribution in [0, 0.1) is 0 Å². The Morgan fingerprint density at radius 3 is 2.36 bits per heavy atom. The first-order valence-corrected chi connectivity index (χ1v) is 10.4. The van der Waals surface area contributed by atoms with Crippen molar-refractivity contribution in [3.63, 3.8) is 0 Å². The highest BCUT2D eigenvalue weighted by Gasteiger charge is 2.23. The van der Waals surface area contributed by atoms with E-state index >= 15 is 0 Å². The van der Waals surface area contributed by atoms with Crippen LogP contribution in [0.25, 0.3) is 0 Å². The molecule has 3 rings (SSSR count). The van der Waals surface area contributed by atoms with Crippen LogP contribution >= 0.6 is 23.2 Å². The Balaban J connectivity index is 1.73. The van der Waals surface area contributed by atoms with E-state index in [1.807, 2.05) is 6.92 Å². The molecule has 150 valence electrons. The van der Waals surface area contributed by atoms with Gasteiger partial charge in [-0.15, -0.1) is 0 Å². The van der Waals surface area contributed by atoms with E-state index < -0.39 is 0 Å². The summed E-state index contributed by atoms with van der Waals surface area (Å²) < 4.78 is 0. The number of benzene rings is 2. The van der Waals surface area contributed by atoms with Crippen LogP contribution in [0.3, 0.4) is 0 Å². The smallest absolute Gasteiger partial charge is 0.251 e. The van der Waals surface area contributed by atoms with Crippen molar-refractivity contribution in [3.8, 4) is 0 Å². The van der Waals surface area contributed by atoms with Crippen molar-refractivity contribution in [2.45, 2.75) is 25.8 Å². The normalized spacial score (nSPS) is 17.2. The number of halogens is 2. The van der Waals surface area contributed by atoms with Crippen molar-refractivity contribution in [2.75, 3.05) is 38.1 Å². The van der Waals surface area contributed by atoms with Crippen LogP contribution in [0.2, 0.25) is 10.0 Å². The van der Waals surface area contributed by atoms with Crippen molar-refractivity contribution < 1.29 is 4.79 Å². The molecule has 2 aromatic carbocycles. The van der Waals surface area contributed by atoms with E-state index in [0.29, 0.717) is 15.6 Å². The summed E-state index contributed by atoms with van der Waals surface area (Å²) in [6.07, 6.45) is 0. The lowest BCUT2D eigenvalue weighted by Crippen LogP contribution is -2.45. The van der Waals surface area contributed by atoms with E-state index in [2.05, 4.69) is 53.4 Å². The van der Waals surface area contributed by atoms with E-state index in [-0.39, 0.29) is 17.9 Å². The van der Waals surface area contributed by atoms with Gasteiger partial charge >= 0.3 is 0 Å². The molecular formula is C22H27Cl2N3O. The number of nitrogens with zero attached hydrogens (tertiary/aromatic N) is 2. The summed E-state index contributed by atoms with van der Waals surface area (Å²) in [6, 6.07) is 13.4. The molecule has 0 bridgehead atoms. The maximum Gasteiger partial charge on any atom is 0.251 e. The molecule has 1 aliphatic rings. The number of rotatable bonds is 5. The van der Waals surface area contributed by atoms with Crippen molar-refractivity contribution in [1.29, 1.82) is 0 Å². The molecule has 4 nitrogen and oxygen atoms in total. The molecule has 2 unspecified atom stereocenters. The van der Waals surface area contributed by atoms with Crippen LogP contribution in [0.5, 0.6) is 0 Å². The lowest BCUT2D eigenvalue weighted by molar-refractivity contribution is 0.0935. The number of amides is 1. The molecule has 1 aliphatic heterocycles. The largest absolute Gasteiger partial charge is 0.369 e. The van der Waals surface area contributed by atoms with Gasteiger partial charge in [-0.3, -0.25) is 4.79 Å². The Morgan fingerprint density at radius 2 is 1.68 bits per heavy atom. The fraction of sp³-hybridized carbons (Fsp3) is 0.409. The van der Waals surface area contributed by atoms with Crippen LogP contribution in [0.4, 0.5) is 5.69 Å². The zero-order valence-electron chi connectivity index (χ0n) is 16.6. The van der Waals surface area contributed by atoms with Gasteiger partial charge in [0.05, 0.1) is 10.0 Å². The van der Waals surface area contributed by atoms with Crippen molar-refractivity contribution in [1.82, 2.24) is 10.2 Å².